The fourth-order valence-corrected chi connectivity index (χ4v) is 2.57. The molecule has 0 bridgehead atoms. The van der Waals surface area contributed by atoms with Crippen molar-refractivity contribution in [3.8, 4) is 0 Å². The molecule has 1 saturated carbocycles. The molecule has 0 unspecified atom stereocenters. The van der Waals surface area contributed by atoms with Gasteiger partial charge in [0.05, 0.1) is 6.61 Å². The van der Waals surface area contributed by atoms with Crippen molar-refractivity contribution in [1.82, 2.24) is 0 Å². The van der Waals surface area contributed by atoms with E-state index >= 15 is 0 Å². The lowest BCUT2D eigenvalue weighted by molar-refractivity contribution is -0.140. The number of ether oxygens (including phenoxy) is 1. The van der Waals surface area contributed by atoms with Crippen LogP contribution in [0.2, 0.25) is 0 Å². The van der Waals surface area contributed by atoms with Crippen LogP contribution >= 0.6 is 0 Å². The molecule has 0 aromatic rings. The summed E-state index contributed by atoms with van der Waals surface area (Å²) >= 11 is 0. The normalized spacial score (nSPS) is 23.4. The summed E-state index contributed by atoms with van der Waals surface area (Å²) in [6.07, 6.45) is 10.4. The van der Waals surface area contributed by atoms with Crippen LogP contribution in [0.1, 0.15) is 51.9 Å². The van der Waals surface area contributed by atoms with Crippen LogP contribution in [-0.2, 0) is 14.3 Å². The molecular weight excluding hydrogens is 244 g/mol. The second-order valence-corrected chi connectivity index (χ2v) is 5.33. The van der Waals surface area contributed by atoms with E-state index in [9.17, 15) is 9.59 Å². The second-order valence-electron chi connectivity index (χ2n) is 5.33. The average molecular weight is 268 g/mol. The summed E-state index contributed by atoms with van der Waals surface area (Å²) in [7, 11) is 0. The summed E-state index contributed by atoms with van der Waals surface area (Å²) in [5.74, 6) is -0.400. The van der Waals surface area contributed by atoms with Gasteiger partial charge in [0.2, 0.25) is 0 Å². The van der Waals surface area contributed by atoms with E-state index in [1.165, 1.54) is 32.1 Å². The molecule has 108 valence electrons. The van der Waals surface area contributed by atoms with E-state index in [4.69, 9.17) is 9.84 Å². The molecule has 1 aliphatic carbocycles. The first-order valence-corrected chi connectivity index (χ1v) is 7.19. The van der Waals surface area contributed by atoms with Gasteiger partial charge < -0.3 is 9.84 Å². The van der Waals surface area contributed by atoms with Gasteiger partial charge in [0.25, 0.3) is 0 Å². The van der Waals surface area contributed by atoms with Crippen LogP contribution in [0.3, 0.4) is 0 Å². The molecule has 0 saturated heterocycles. The Bertz CT molecular complexity index is 314. The number of aliphatic carboxylic acids is 1. The molecule has 0 aromatic carbocycles. The van der Waals surface area contributed by atoms with Crippen LogP contribution in [0.5, 0.6) is 0 Å². The third-order valence-corrected chi connectivity index (χ3v) is 3.76. The van der Waals surface area contributed by atoms with Crippen LogP contribution in [0.4, 0.5) is 0 Å². The van der Waals surface area contributed by atoms with Crippen molar-refractivity contribution in [2.45, 2.75) is 51.9 Å². The van der Waals surface area contributed by atoms with Gasteiger partial charge in [-0.05, 0) is 24.7 Å². The van der Waals surface area contributed by atoms with Crippen molar-refractivity contribution in [3.63, 3.8) is 0 Å². The van der Waals surface area contributed by atoms with Gasteiger partial charge in [0, 0.05) is 12.2 Å². The molecule has 4 nitrogen and oxygen atoms in total. The van der Waals surface area contributed by atoms with Crippen LogP contribution < -0.4 is 0 Å². The Morgan fingerprint density at radius 2 is 1.79 bits per heavy atom. The molecule has 19 heavy (non-hydrogen) atoms. The Kier molecular flexibility index (Phi) is 7.23. The smallest absolute Gasteiger partial charge is 0.331 e. The lowest BCUT2D eigenvalue weighted by atomic mass is 9.80. The van der Waals surface area contributed by atoms with Crippen LogP contribution in [0, 0.1) is 11.8 Å². The minimum Gasteiger partial charge on any atom is -0.478 e. The highest BCUT2D eigenvalue weighted by Gasteiger charge is 2.21. The Hall–Kier alpha value is -1.32. The first-order chi connectivity index (χ1) is 9.11. The molecule has 1 N–H and O–H groups in total. The molecule has 1 aliphatic rings. The molecule has 0 heterocycles. The zero-order chi connectivity index (χ0) is 14.1. The number of hydrogen-bond donors (Lipinski definition) is 1. The Labute approximate surface area is 114 Å². The number of rotatable bonds is 7. The van der Waals surface area contributed by atoms with Crippen molar-refractivity contribution in [3.05, 3.63) is 12.2 Å². The number of esters is 1. The van der Waals surface area contributed by atoms with Gasteiger partial charge in [-0.2, -0.15) is 0 Å². The van der Waals surface area contributed by atoms with Gasteiger partial charge in [-0.3, -0.25) is 0 Å². The monoisotopic (exact) mass is 268 g/mol. The van der Waals surface area contributed by atoms with Crippen molar-refractivity contribution < 1.29 is 19.4 Å². The fourth-order valence-electron chi connectivity index (χ4n) is 2.57. The molecule has 1 rings (SSSR count). The van der Waals surface area contributed by atoms with Gasteiger partial charge in [0.15, 0.2) is 0 Å². The van der Waals surface area contributed by atoms with Gasteiger partial charge in [0.1, 0.15) is 0 Å². The highest BCUT2D eigenvalue weighted by Crippen LogP contribution is 2.31. The molecule has 1 fully saturated rings. The molecular formula is C15H24O4. The highest BCUT2D eigenvalue weighted by atomic mass is 16.5. The van der Waals surface area contributed by atoms with Crippen LogP contribution in [0.15, 0.2) is 12.2 Å². The summed E-state index contributed by atoms with van der Waals surface area (Å²) in [6.45, 7) is 2.64. The lowest BCUT2D eigenvalue weighted by Crippen LogP contribution is -2.20. The Balaban J connectivity index is 2.15. The number of hydrogen-bond acceptors (Lipinski definition) is 3. The van der Waals surface area contributed by atoms with Crippen molar-refractivity contribution in [1.29, 1.82) is 0 Å². The Morgan fingerprint density at radius 1 is 1.16 bits per heavy atom. The molecule has 0 spiro atoms. The first-order valence-electron chi connectivity index (χ1n) is 7.19. The molecule has 4 heteroatoms. The number of carboxylic acid groups (broad SMARTS) is 1. The number of carboxylic acids is 1. The van der Waals surface area contributed by atoms with Crippen LogP contribution in [-0.4, -0.2) is 23.7 Å². The standard InChI is InChI=1S/C15H24O4/c1-2-3-4-12-5-7-13(8-6-12)11-19-15(18)10-9-14(16)17/h9-10,12-13H,2-8,11H2,1H3,(H,16,17)/b10-9+. The number of carbonyl (C=O) groups is 2. The molecule has 0 aromatic heterocycles. The first kappa shape index (κ1) is 15.7. The van der Waals surface area contributed by atoms with Crippen molar-refractivity contribution in [2.24, 2.45) is 11.8 Å². The number of unbranched alkanes of at least 4 members (excludes halogenated alkanes) is 1. The fraction of sp³-hybridized carbons (Fsp3) is 0.733. The lowest BCUT2D eigenvalue weighted by Gasteiger charge is -2.28. The zero-order valence-corrected chi connectivity index (χ0v) is 11.6. The van der Waals surface area contributed by atoms with E-state index in [-0.39, 0.29) is 0 Å². The quantitative estimate of drug-likeness (QED) is 0.569. The maximum Gasteiger partial charge on any atom is 0.331 e. The predicted molar refractivity (Wildman–Crippen MR) is 72.7 cm³/mol. The summed E-state index contributed by atoms with van der Waals surface area (Å²) in [5, 5.41) is 8.38. The summed E-state index contributed by atoms with van der Waals surface area (Å²) < 4.78 is 5.06. The third kappa shape index (κ3) is 6.99. The van der Waals surface area contributed by atoms with E-state index in [1.54, 1.807) is 0 Å². The minimum absolute atomic E-state index is 0.420. The second kappa shape index (κ2) is 8.73. The highest BCUT2D eigenvalue weighted by molar-refractivity contribution is 5.90. The summed E-state index contributed by atoms with van der Waals surface area (Å²) in [4.78, 5) is 21.5. The molecule has 0 atom stereocenters. The van der Waals surface area contributed by atoms with Gasteiger partial charge in [-0.25, -0.2) is 9.59 Å². The van der Waals surface area contributed by atoms with E-state index < -0.39 is 11.9 Å². The third-order valence-electron chi connectivity index (χ3n) is 3.76. The van der Waals surface area contributed by atoms with Gasteiger partial charge in [-0.15, -0.1) is 0 Å². The molecule has 0 amide bonds. The van der Waals surface area contributed by atoms with Crippen molar-refractivity contribution in [2.75, 3.05) is 6.61 Å². The predicted octanol–water partition coefficient (Wildman–Crippen LogP) is 3.17. The largest absolute Gasteiger partial charge is 0.478 e. The maximum atomic E-state index is 11.2. The molecule has 0 aliphatic heterocycles. The van der Waals surface area contributed by atoms with E-state index in [1.807, 2.05) is 0 Å². The maximum absolute atomic E-state index is 11.2. The average Bonchev–Trinajstić information content (AvgIpc) is 2.41. The van der Waals surface area contributed by atoms with Gasteiger partial charge in [-0.1, -0.05) is 39.0 Å². The topological polar surface area (TPSA) is 63.6 Å². The minimum atomic E-state index is -1.13. The van der Waals surface area contributed by atoms with E-state index in [0.717, 1.165) is 30.9 Å². The Morgan fingerprint density at radius 3 is 2.37 bits per heavy atom. The summed E-state index contributed by atoms with van der Waals surface area (Å²) in [5.41, 5.74) is 0. The van der Waals surface area contributed by atoms with E-state index in [0.29, 0.717) is 12.5 Å². The zero-order valence-electron chi connectivity index (χ0n) is 11.6. The summed E-state index contributed by atoms with van der Waals surface area (Å²) in [6, 6.07) is 0. The SMILES string of the molecule is CCCCC1CCC(COC(=O)/C=C/C(=O)O)CC1. The van der Waals surface area contributed by atoms with Gasteiger partial charge >= 0.3 is 11.9 Å². The van der Waals surface area contributed by atoms with E-state index in [2.05, 4.69) is 6.92 Å². The van der Waals surface area contributed by atoms with Crippen molar-refractivity contribution >= 4 is 11.9 Å². The number of carbonyl (C=O) groups excluding carboxylic acids is 1. The van der Waals surface area contributed by atoms with Crippen LogP contribution in [0.25, 0.3) is 0 Å². The molecule has 0 radical (unpaired) electrons.